The quantitative estimate of drug-likeness (QED) is 0.156. The topological polar surface area (TPSA) is 51.8 Å². The van der Waals surface area contributed by atoms with E-state index in [1.54, 1.807) is 0 Å². The monoisotopic (exact) mass is 938 g/mol. The van der Waals surface area contributed by atoms with Gasteiger partial charge in [0.25, 0.3) is 0 Å². The number of nitrogens with zero attached hydrogens (tertiary/aromatic N) is 3. The zero-order valence-electron chi connectivity index (χ0n) is 33.1. The molecule has 4 nitrogen and oxygen atoms in total. The Morgan fingerprint density at radius 3 is 1.49 bits per heavy atom. The van der Waals surface area contributed by atoms with Crippen LogP contribution in [0.3, 0.4) is 0 Å². The van der Waals surface area contributed by atoms with Crippen molar-refractivity contribution in [3.63, 3.8) is 0 Å². The molecular weight excluding hydrogens is 891 g/mol. The van der Waals surface area contributed by atoms with Gasteiger partial charge in [-0.05, 0) is 88.5 Å². The van der Waals surface area contributed by atoms with E-state index < -0.39 is 8.07 Å². The molecular formula is C51H47IrN3OSi. The molecule has 1 radical (unpaired) electrons. The molecule has 0 N–H and O–H groups in total. The Balaban J connectivity index is 0.000000160. The van der Waals surface area contributed by atoms with Crippen molar-refractivity contribution in [3.8, 4) is 44.9 Å². The normalized spacial score (nSPS) is 10.9. The molecule has 4 heterocycles. The van der Waals surface area contributed by atoms with Crippen molar-refractivity contribution in [2.24, 2.45) is 0 Å². The Labute approximate surface area is 351 Å². The van der Waals surface area contributed by atoms with E-state index in [4.69, 9.17) is 4.42 Å². The van der Waals surface area contributed by atoms with Crippen LogP contribution in [0.1, 0.15) is 25.3 Å². The number of pyridine rings is 3. The molecule has 0 fully saturated rings. The van der Waals surface area contributed by atoms with Gasteiger partial charge in [-0.25, -0.2) is 0 Å². The van der Waals surface area contributed by atoms with Crippen molar-refractivity contribution >= 4 is 35.2 Å². The third-order valence-corrected chi connectivity index (χ3v) is 11.8. The van der Waals surface area contributed by atoms with Crippen LogP contribution < -0.4 is 5.19 Å². The molecule has 0 aliphatic carbocycles. The second-order valence-corrected chi connectivity index (χ2v) is 20.2. The van der Waals surface area contributed by atoms with E-state index >= 15 is 0 Å². The van der Waals surface area contributed by atoms with Crippen LogP contribution in [0, 0.1) is 0 Å². The number of hydrogen-bond donors (Lipinski definition) is 0. The first-order valence-electron chi connectivity index (χ1n) is 19.2. The molecule has 0 saturated carbocycles. The van der Waals surface area contributed by atoms with Crippen LogP contribution in [0.2, 0.25) is 19.6 Å². The summed E-state index contributed by atoms with van der Waals surface area (Å²) in [6.45, 7) is 11.4. The summed E-state index contributed by atoms with van der Waals surface area (Å²) in [4.78, 5) is 13.4. The van der Waals surface area contributed by atoms with Crippen LogP contribution in [0.15, 0.2) is 193 Å². The average Bonchev–Trinajstić information content (AvgIpc) is 3.62. The van der Waals surface area contributed by atoms with E-state index in [9.17, 15) is 0 Å². The smallest absolute Gasteiger partial charge is 0.135 e. The molecule has 285 valence electrons. The van der Waals surface area contributed by atoms with Crippen LogP contribution in [-0.4, -0.2) is 23.0 Å². The minimum absolute atomic E-state index is 0. The van der Waals surface area contributed by atoms with Gasteiger partial charge in [-0.2, -0.15) is 0 Å². The van der Waals surface area contributed by atoms with Gasteiger partial charge in [-0.15, -0.1) is 0 Å². The van der Waals surface area contributed by atoms with Crippen LogP contribution in [0.25, 0.3) is 66.8 Å². The van der Waals surface area contributed by atoms with E-state index in [1.807, 2.05) is 79.3 Å². The summed E-state index contributed by atoms with van der Waals surface area (Å²) in [5.41, 5.74) is 12.1. The van der Waals surface area contributed by atoms with E-state index in [0.717, 1.165) is 50.1 Å². The van der Waals surface area contributed by atoms with Gasteiger partial charge in [0.2, 0.25) is 0 Å². The number of aromatic nitrogens is 3. The van der Waals surface area contributed by atoms with E-state index in [2.05, 4.69) is 158 Å². The van der Waals surface area contributed by atoms with Gasteiger partial charge >= 0.3 is 0 Å². The van der Waals surface area contributed by atoms with Gasteiger partial charge in [-0.3, -0.25) is 15.0 Å². The van der Waals surface area contributed by atoms with Crippen LogP contribution >= 0.6 is 0 Å². The van der Waals surface area contributed by atoms with Crippen molar-refractivity contribution in [2.75, 3.05) is 0 Å². The first-order valence-corrected chi connectivity index (χ1v) is 22.7. The van der Waals surface area contributed by atoms with E-state index in [0.29, 0.717) is 5.92 Å². The SMILES string of the molecule is CC(C)c1ccnc(-c2ccc3oc4ccc(-c5ccccc5)cc4c3c2)c1.C[Si](C)(C)c1ccc(-c2ccccc2)nc1.[Ir].c1ccc(-c2ccccn2)cc1. The number of benzene rings is 5. The molecule has 0 unspecified atom stereocenters. The predicted molar refractivity (Wildman–Crippen MR) is 239 cm³/mol. The Bertz CT molecular complexity index is 2590. The molecule has 9 aromatic rings. The molecule has 9 rings (SSSR count). The molecule has 0 bridgehead atoms. The minimum Gasteiger partial charge on any atom is -0.456 e. The summed E-state index contributed by atoms with van der Waals surface area (Å²) in [5.74, 6) is 0.480. The van der Waals surface area contributed by atoms with Crippen LogP contribution in [0.5, 0.6) is 0 Å². The predicted octanol–water partition coefficient (Wildman–Crippen LogP) is 13.5. The summed E-state index contributed by atoms with van der Waals surface area (Å²) < 4.78 is 6.08. The number of fused-ring (bicyclic) bond motifs is 3. The second kappa shape index (κ2) is 18.9. The van der Waals surface area contributed by atoms with Gasteiger partial charge in [0.05, 0.1) is 25.2 Å². The number of furan rings is 1. The van der Waals surface area contributed by atoms with Crippen molar-refractivity contribution in [3.05, 3.63) is 194 Å². The van der Waals surface area contributed by atoms with Gasteiger partial charge in [0, 0.05) is 66.2 Å². The van der Waals surface area contributed by atoms with E-state index in [1.165, 1.54) is 27.4 Å². The van der Waals surface area contributed by atoms with Gasteiger partial charge in [0.15, 0.2) is 0 Å². The first kappa shape index (κ1) is 40.9. The molecule has 5 aromatic carbocycles. The Morgan fingerprint density at radius 2 is 0.965 bits per heavy atom. The Hall–Kier alpha value is -5.78. The standard InChI is InChI=1S/C26H21NO.C14H17NSi.C11H9N.Ir/c1-17(2)19-12-13-27-24(16-19)21-9-11-26-23(15-21)22-14-20(8-10-25(22)28-26)18-6-4-3-5-7-18;1-16(2,3)13-9-10-14(15-11-13)12-7-5-4-6-8-12;1-2-6-10(7-3-1)11-8-4-5-9-12-11;/h3-17H,1-2H3;4-11H,1-3H3;1-9H;. The van der Waals surface area contributed by atoms with E-state index in [-0.39, 0.29) is 20.1 Å². The Kier molecular flexibility index (Phi) is 13.6. The fraction of sp³-hybridized carbons (Fsp3) is 0.118. The van der Waals surface area contributed by atoms with Crippen molar-refractivity contribution in [2.45, 2.75) is 39.4 Å². The molecule has 6 heteroatoms. The van der Waals surface area contributed by atoms with Crippen molar-refractivity contribution in [1.29, 1.82) is 0 Å². The van der Waals surface area contributed by atoms with Gasteiger partial charge < -0.3 is 4.42 Å². The van der Waals surface area contributed by atoms with Gasteiger partial charge in [-0.1, -0.05) is 143 Å². The zero-order valence-corrected chi connectivity index (χ0v) is 36.5. The fourth-order valence-electron chi connectivity index (χ4n) is 6.47. The molecule has 0 saturated heterocycles. The molecule has 0 atom stereocenters. The maximum absolute atomic E-state index is 6.08. The molecule has 0 spiro atoms. The summed E-state index contributed by atoms with van der Waals surface area (Å²) in [7, 11) is -1.22. The molecule has 4 aromatic heterocycles. The zero-order chi connectivity index (χ0) is 38.9. The average molecular weight is 938 g/mol. The Morgan fingerprint density at radius 1 is 0.439 bits per heavy atom. The van der Waals surface area contributed by atoms with Crippen molar-refractivity contribution in [1.82, 2.24) is 15.0 Å². The second-order valence-electron chi connectivity index (χ2n) is 15.1. The van der Waals surface area contributed by atoms with Crippen molar-refractivity contribution < 1.29 is 24.5 Å². The summed E-state index contributed by atoms with van der Waals surface area (Å²) in [6.07, 6.45) is 5.74. The number of rotatable bonds is 6. The third kappa shape index (κ3) is 10.3. The van der Waals surface area contributed by atoms with Crippen LogP contribution in [-0.2, 0) is 20.1 Å². The maximum Gasteiger partial charge on any atom is 0.135 e. The number of hydrogen-bond acceptors (Lipinski definition) is 4. The van der Waals surface area contributed by atoms with Crippen LogP contribution in [0.4, 0.5) is 0 Å². The maximum atomic E-state index is 6.08. The largest absolute Gasteiger partial charge is 0.456 e. The van der Waals surface area contributed by atoms with Gasteiger partial charge in [0.1, 0.15) is 11.2 Å². The fourth-order valence-corrected chi connectivity index (χ4v) is 7.51. The third-order valence-electron chi connectivity index (χ3n) is 9.76. The summed E-state index contributed by atoms with van der Waals surface area (Å²) in [6, 6.07) is 58.2. The molecule has 0 amide bonds. The molecule has 0 aliphatic heterocycles. The summed E-state index contributed by atoms with van der Waals surface area (Å²) in [5, 5.41) is 3.67. The minimum atomic E-state index is -1.22. The first-order chi connectivity index (χ1) is 27.2. The molecule has 0 aliphatic rings. The molecule has 57 heavy (non-hydrogen) atoms. The summed E-state index contributed by atoms with van der Waals surface area (Å²) >= 11 is 0.